The van der Waals surface area contributed by atoms with Crippen molar-refractivity contribution in [2.75, 3.05) is 14.2 Å². The maximum absolute atomic E-state index is 10.9. The van der Waals surface area contributed by atoms with Gasteiger partial charge in [0.05, 0.1) is 20.3 Å². The highest BCUT2D eigenvalue weighted by Gasteiger charge is 2.12. The molecule has 0 aromatic heterocycles. The molecule has 0 unspecified atom stereocenters. The van der Waals surface area contributed by atoms with E-state index in [1.807, 2.05) is 13.8 Å². The minimum Gasteiger partial charge on any atom is -0.500 e. The van der Waals surface area contributed by atoms with Gasteiger partial charge in [-0.1, -0.05) is 0 Å². The lowest BCUT2D eigenvalue weighted by Gasteiger charge is -2.10. The molecule has 4 nitrogen and oxygen atoms in total. The topological polar surface area (TPSA) is 44.8 Å². The Balaban J connectivity index is 4.24. The average Bonchev–Trinajstić information content (AvgIpc) is 2.01. The van der Waals surface area contributed by atoms with E-state index in [-0.39, 0.29) is 11.9 Å². The Morgan fingerprint density at radius 1 is 1.33 bits per heavy atom. The first-order chi connectivity index (χ1) is 5.61. The highest BCUT2D eigenvalue weighted by atomic mass is 16.6. The van der Waals surface area contributed by atoms with Gasteiger partial charge < -0.3 is 14.2 Å². The Hall–Kier alpha value is -1.19. The van der Waals surface area contributed by atoms with E-state index in [1.165, 1.54) is 20.5 Å². The first kappa shape index (κ1) is 10.8. The fourth-order valence-corrected chi connectivity index (χ4v) is 0.586. The van der Waals surface area contributed by atoms with Crippen LogP contribution in [0.4, 0.5) is 0 Å². The maximum atomic E-state index is 10.9. The Bertz CT molecular complexity index is 172. The van der Waals surface area contributed by atoms with Gasteiger partial charge in [-0.25, -0.2) is 4.79 Å². The normalized spacial score (nSPS) is 11.2. The second-order valence-corrected chi connectivity index (χ2v) is 2.38. The van der Waals surface area contributed by atoms with E-state index in [4.69, 9.17) is 4.74 Å². The molecule has 0 rings (SSSR count). The molecule has 0 bridgehead atoms. The summed E-state index contributed by atoms with van der Waals surface area (Å²) in [5.74, 6) is -0.458. The third-order valence-corrected chi connectivity index (χ3v) is 0.974. The largest absolute Gasteiger partial charge is 0.500 e. The zero-order chi connectivity index (χ0) is 9.56. The van der Waals surface area contributed by atoms with Crippen molar-refractivity contribution in [2.24, 2.45) is 0 Å². The van der Waals surface area contributed by atoms with Crippen LogP contribution < -0.4 is 0 Å². The lowest BCUT2D eigenvalue weighted by molar-refractivity contribution is -0.141. The molecule has 0 aromatic carbocycles. The fourth-order valence-electron chi connectivity index (χ4n) is 0.586. The number of methoxy groups -OCH3 is 2. The Kier molecular flexibility index (Phi) is 4.92. The van der Waals surface area contributed by atoms with Crippen molar-refractivity contribution < 1.29 is 19.0 Å². The smallest absolute Gasteiger partial charge is 0.376 e. The van der Waals surface area contributed by atoms with Crippen LogP contribution in [0.3, 0.4) is 0 Å². The standard InChI is InChI=1S/C8H14O4/c1-6(2)12-7(5-10-3)8(9)11-4/h5-6H,1-4H3/b7-5-. The van der Waals surface area contributed by atoms with Gasteiger partial charge in [0.2, 0.25) is 5.76 Å². The van der Waals surface area contributed by atoms with Crippen molar-refractivity contribution in [3.8, 4) is 0 Å². The molecule has 0 saturated carbocycles. The second-order valence-electron chi connectivity index (χ2n) is 2.38. The van der Waals surface area contributed by atoms with Crippen molar-refractivity contribution in [2.45, 2.75) is 20.0 Å². The molecule has 12 heavy (non-hydrogen) atoms. The summed E-state index contributed by atoms with van der Waals surface area (Å²) in [7, 11) is 2.72. The van der Waals surface area contributed by atoms with Crippen LogP contribution in [0.5, 0.6) is 0 Å². The van der Waals surface area contributed by atoms with Gasteiger partial charge in [0.25, 0.3) is 0 Å². The number of carbonyl (C=O) groups is 1. The summed E-state index contributed by atoms with van der Waals surface area (Å²) < 4.78 is 14.2. The molecule has 0 N–H and O–H groups in total. The van der Waals surface area contributed by atoms with Crippen LogP contribution in [0.1, 0.15) is 13.8 Å². The Morgan fingerprint density at radius 3 is 2.25 bits per heavy atom. The summed E-state index contributed by atoms with van der Waals surface area (Å²) in [5.41, 5.74) is 0. The zero-order valence-corrected chi connectivity index (χ0v) is 7.79. The van der Waals surface area contributed by atoms with Gasteiger partial charge in [0, 0.05) is 0 Å². The van der Waals surface area contributed by atoms with E-state index in [0.29, 0.717) is 0 Å². The van der Waals surface area contributed by atoms with Crippen LogP contribution in [0.2, 0.25) is 0 Å². The zero-order valence-electron chi connectivity index (χ0n) is 7.79. The molecule has 0 aliphatic carbocycles. The molecule has 0 fully saturated rings. The van der Waals surface area contributed by atoms with E-state index in [9.17, 15) is 4.79 Å². The molecular formula is C8H14O4. The summed E-state index contributed by atoms with van der Waals surface area (Å²) in [4.78, 5) is 10.9. The predicted molar refractivity (Wildman–Crippen MR) is 43.3 cm³/mol. The minimum absolute atomic E-state index is 0.0782. The number of hydrogen-bond acceptors (Lipinski definition) is 4. The molecule has 0 saturated heterocycles. The van der Waals surface area contributed by atoms with Gasteiger partial charge in [0.1, 0.15) is 6.26 Å². The van der Waals surface area contributed by atoms with Gasteiger partial charge in [-0.05, 0) is 13.8 Å². The van der Waals surface area contributed by atoms with Crippen molar-refractivity contribution >= 4 is 5.97 Å². The minimum atomic E-state index is -0.537. The fraction of sp³-hybridized carbons (Fsp3) is 0.625. The molecule has 0 spiro atoms. The first-order valence-electron chi connectivity index (χ1n) is 3.59. The average molecular weight is 174 g/mol. The van der Waals surface area contributed by atoms with Gasteiger partial charge in [0.15, 0.2) is 0 Å². The third-order valence-electron chi connectivity index (χ3n) is 0.974. The first-order valence-corrected chi connectivity index (χ1v) is 3.59. The summed E-state index contributed by atoms with van der Waals surface area (Å²) in [6.45, 7) is 3.62. The monoisotopic (exact) mass is 174 g/mol. The number of rotatable bonds is 4. The lowest BCUT2D eigenvalue weighted by atomic mass is 10.4. The SMILES string of the molecule is CO/C=C(\OC(C)C)C(=O)OC. The Morgan fingerprint density at radius 2 is 1.92 bits per heavy atom. The van der Waals surface area contributed by atoms with Gasteiger partial charge >= 0.3 is 5.97 Å². The molecular weight excluding hydrogens is 160 g/mol. The quantitative estimate of drug-likeness (QED) is 0.363. The van der Waals surface area contributed by atoms with Crippen LogP contribution in [-0.4, -0.2) is 26.3 Å². The summed E-state index contributed by atoms with van der Waals surface area (Å²) in [6, 6.07) is 0. The predicted octanol–water partition coefficient (Wildman–Crippen LogP) is 1.07. The van der Waals surface area contributed by atoms with Crippen LogP contribution >= 0.6 is 0 Å². The summed E-state index contributed by atoms with van der Waals surface area (Å²) >= 11 is 0. The van der Waals surface area contributed by atoms with Crippen LogP contribution in [0.25, 0.3) is 0 Å². The molecule has 0 amide bonds. The van der Waals surface area contributed by atoms with E-state index in [1.54, 1.807) is 0 Å². The lowest BCUT2D eigenvalue weighted by Crippen LogP contribution is -2.12. The van der Waals surface area contributed by atoms with E-state index < -0.39 is 5.97 Å². The van der Waals surface area contributed by atoms with E-state index in [2.05, 4.69) is 9.47 Å². The summed E-state index contributed by atoms with van der Waals surface area (Å²) in [5, 5.41) is 0. The van der Waals surface area contributed by atoms with E-state index >= 15 is 0 Å². The maximum Gasteiger partial charge on any atom is 0.376 e. The third kappa shape index (κ3) is 3.85. The molecule has 0 aromatic rings. The molecule has 0 aliphatic rings. The molecule has 0 heterocycles. The second kappa shape index (κ2) is 5.46. The van der Waals surface area contributed by atoms with Crippen molar-refractivity contribution in [1.82, 2.24) is 0 Å². The molecule has 0 atom stereocenters. The number of ether oxygens (including phenoxy) is 3. The van der Waals surface area contributed by atoms with Gasteiger partial charge in [-0.3, -0.25) is 0 Å². The van der Waals surface area contributed by atoms with Crippen molar-refractivity contribution in [3.63, 3.8) is 0 Å². The van der Waals surface area contributed by atoms with Crippen LogP contribution in [0, 0.1) is 0 Å². The molecule has 0 aliphatic heterocycles. The van der Waals surface area contributed by atoms with E-state index in [0.717, 1.165) is 0 Å². The highest BCUT2D eigenvalue weighted by molar-refractivity contribution is 5.85. The molecule has 0 radical (unpaired) electrons. The highest BCUT2D eigenvalue weighted by Crippen LogP contribution is 2.04. The van der Waals surface area contributed by atoms with Crippen LogP contribution in [0.15, 0.2) is 12.0 Å². The number of esters is 1. The van der Waals surface area contributed by atoms with Gasteiger partial charge in [-0.2, -0.15) is 0 Å². The number of hydrogen-bond donors (Lipinski definition) is 0. The molecule has 4 heteroatoms. The van der Waals surface area contributed by atoms with Crippen LogP contribution in [-0.2, 0) is 19.0 Å². The number of carbonyl (C=O) groups excluding carboxylic acids is 1. The van der Waals surface area contributed by atoms with Crippen molar-refractivity contribution in [3.05, 3.63) is 12.0 Å². The molecule has 70 valence electrons. The van der Waals surface area contributed by atoms with Crippen molar-refractivity contribution in [1.29, 1.82) is 0 Å². The Labute approximate surface area is 72.1 Å². The summed E-state index contributed by atoms with van der Waals surface area (Å²) in [6.07, 6.45) is 1.14. The van der Waals surface area contributed by atoms with Gasteiger partial charge in [-0.15, -0.1) is 0 Å².